The molecule has 0 fully saturated rings. The Bertz CT molecular complexity index is 500. The molecule has 0 saturated heterocycles. The van der Waals surface area contributed by atoms with E-state index in [1.54, 1.807) is 18.2 Å². The standard InChI is InChI=1S/C15H26N2O2S/c1-3-4-5-6-8-13(2)17-20(18,19)15-10-7-9-14(11-15)12-16/h7,9-11,13,17H,3-6,8,12,16H2,1-2H3. The highest BCUT2D eigenvalue weighted by molar-refractivity contribution is 7.89. The molecule has 4 nitrogen and oxygen atoms in total. The molecule has 1 aromatic carbocycles. The Kier molecular flexibility index (Phi) is 7.19. The first kappa shape index (κ1) is 17.1. The Labute approximate surface area is 122 Å². The number of rotatable bonds is 9. The van der Waals surface area contributed by atoms with Crippen LogP contribution in [0, 0.1) is 0 Å². The van der Waals surface area contributed by atoms with Crippen molar-refractivity contribution in [2.45, 2.75) is 63.4 Å². The summed E-state index contributed by atoms with van der Waals surface area (Å²) in [6, 6.07) is 6.74. The number of hydrogen-bond acceptors (Lipinski definition) is 3. The second-order valence-corrected chi connectivity index (χ2v) is 6.94. The van der Waals surface area contributed by atoms with Gasteiger partial charge in [-0.15, -0.1) is 0 Å². The first-order chi connectivity index (χ1) is 9.49. The molecule has 0 heterocycles. The van der Waals surface area contributed by atoms with Crippen molar-refractivity contribution in [3.63, 3.8) is 0 Å². The van der Waals surface area contributed by atoms with Gasteiger partial charge in [-0.05, 0) is 31.0 Å². The normalized spacial score (nSPS) is 13.3. The van der Waals surface area contributed by atoms with Gasteiger partial charge >= 0.3 is 0 Å². The van der Waals surface area contributed by atoms with E-state index in [-0.39, 0.29) is 6.04 Å². The van der Waals surface area contributed by atoms with Crippen LogP contribution in [0.1, 0.15) is 51.5 Å². The van der Waals surface area contributed by atoms with Crippen molar-refractivity contribution in [3.8, 4) is 0 Å². The monoisotopic (exact) mass is 298 g/mol. The molecule has 1 aromatic rings. The Balaban J connectivity index is 2.59. The van der Waals surface area contributed by atoms with Crippen molar-refractivity contribution in [2.75, 3.05) is 0 Å². The van der Waals surface area contributed by atoms with Crippen LogP contribution in [0.4, 0.5) is 0 Å². The maximum Gasteiger partial charge on any atom is 0.240 e. The summed E-state index contributed by atoms with van der Waals surface area (Å²) < 4.78 is 27.2. The maximum absolute atomic E-state index is 12.2. The van der Waals surface area contributed by atoms with Gasteiger partial charge in [0.05, 0.1) is 4.90 Å². The highest BCUT2D eigenvalue weighted by atomic mass is 32.2. The minimum absolute atomic E-state index is 0.0432. The van der Waals surface area contributed by atoms with Crippen LogP contribution in [-0.2, 0) is 16.6 Å². The van der Waals surface area contributed by atoms with Crippen LogP contribution in [0.25, 0.3) is 0 Å². The smallest absolute Gasteiger partial charge is 0.240 e. The van der Waals surface area contributed by atoms with E-state index in [1.807, 2.05) is 13.0 Å². The number of benzene rings is 1. The molecular weight excluding hydrogens is 272 g/mol. The van der Waals surface area contributed by atoms with E-state index in [0.717, 1.165) is 24.8 Å². The zero-order chi connectivity index (χ0) is 15.0. The highest BCUT2D eigenvalue weighted by Gasteiger charge is 2.17. The second kappa shape index (κ2) is 8.39. The fraction of sp³-hybridized carbons (Fsp3) is 0.600. The summed E-state index contributed by atoms with van der Waals surface area (Å²) in [6.45, 7) is 4.42. The van der Waals surface area contributed by atoms with E-state index in [0.29, 0.717) is 11.4 Å². The van der Waals surface area contributed by atoms with Crippen molar-refractivity contribution >= 4 is 10.0 Å². The van der Waals surface area contributed by atoms with Crippen LogP contribution in [-0.4, -0.2) is 14.5 Å². The SMILES string of the molecule is CCCCCCC(C)NS(=O)(=O)c1cccc(CN)c1. The molecule has 1 atom stereocenters. The lowest BCUT2D eigenvalue weighted by molar-refractivity contribution is 0.522. The van der Waals surface area contributed by atoms with Crippen molar-refractivity contribution in [3.05, 3.63) is 29.8 Å². The molecule has 1 unspecified atom stereocenters. The van der Waals surface area contributed by atoms with Crippen molar-refractivity contribution in [2.24, 2.45) is 5.73 Å². The zero-order valence-electron chi connectivity index (χ0n) is 12.4. The van der Waals surface area contributed by atoms with Gasteiger partial charge < -0.3 is 5.73 Å². The largest absolute Gasteiger partial charge is 0.326 e. The molecule has 0 amide bonds. The Morgan fingerprint density at radius 2 is 2.00 bits per heavy atom. The third-order valence-corrected chi connectivity index (χ3v) is 4.88. The van der Waals surface area contributed by atoms with Crippen LogP contribution in [0.5, 0.6) is 0 Å². The molecule has 3 N–H and O–H groups in total. The summed E-state index contributed by atoms with van der Waals surface area (Å²) in [6.07, 6.45) is 5.48. The molecule has 0 aromatic heterocycles. The molecule has 0 radical (unpaired) electrons. The van der Waals surface area contributed by atoms with Gasteiger partial charge in [-0.1, -0.05) is 44.7 Å². The first-order valence-corrected chi connectivity index (χ1v) is 8.79. The predicted octanol–water partition coefficient (Wildman–Crippen LogP) is 2.78. The van der Waals surface area contributed by atoms with E-state index in [2.05, 4.69) is 11.6 Å². The summed E-state index contributed by atoms with van der Waals surface area (Å²) in [5, 5.41) is 0. The lowest BCUT2D eigenvalue weighted by Gasteiger charge is -2.14. The molecule has 0 spiro atoms. The third kappa shape index (κ3) is 5.61. The maximum atomic E-state index is 12.2. The Morgan fingerprint density at radius 3 is 2.65 bits per heavy atom. The van der Waals surface area contributed by atoms with Gasteiger partial charge in [0, 0.05) is 12.6 Å². The average Bonchev–Trinajstić information content (AvgIpc) is 2.43. The van der Waals surface area contributed by atoms with Crippen LogP contribution < -0.4 is 10.5 Å². The number of nitrogens with two attached hydrogens (primary N) is 1. The average molecular weight is 298 g/mol. The van der Waals surface area contributed by atoms with Crippen molar-refractivity contribution in [1.29, 1.82) is 0 Å². The fourth-order valence-corrected chi connectivity index (χ4v) is 3.46. The van der Waals surface area contributed by atoms with Gasteiger partial charge in [-0.2, -0.15) is 0 Å². The number of nitrogens with one attached hydrogen (secondary N) is 1. The van der Waals surface area contributed by atoms with Gasteiger partial charge in [0.1, 0.15) is 0 Å². The third-order valence-electron chi connectivity index (χ3n) is 3.29. The lowest BCUT2D eigenvalue weighted by Crippen LogP contribution is -2.32. The molecule has 0 aliphatic carbocycles. The van der Waals surface area contributed by atoms with E-state index < -0.39 is 10.0 Å². The number of sulfonamides is 1. The number of unbranched alkanes of at least 4 members (excludes halogenated alkanes) is 3. The lowest BCUT2D eigenvalue weighted by atomic mass is 10.1. The predicted molar refractivity (Wildman–Crippen MR) is 82.9 cm³/mol. The molecule has 0 aliphatic heterocycles. The topological polar surface area (TPSA) is 72.2 Å². The summed E-state index contributed by atoms with van der Waals surface area (Å²) in [7, 11) is -3.44. The molecule has 1 rings (SSSR count). The van der Waals surface area contributed by atoms with Gasteiger partial charge in [-0.25, -0.2) is 13.1 Å². The van der Waals surface area contributed by atoms with Crippen molar-refractivity contribution in [1.82, 2.24) is 4.72 Å². The first-order valence-electron chi connectivity index (χ1n) is 7.31. The summed E-state index contributed by atoms with van der Waals surface area (Å²) in [5.41, 5.74) is 6.36. The molecule has 5 heteroatoms. The van der Waals surface area contributed by atoms with Gasteiger partial charge in [0.2, 0.25) is 10.0 Å². The molecular formula is C15H26N2O2S. The molecule has 0 aliphatic rings. The molecule has 114 valence electrons. The quantitative estimate of drug-likeness (QED) is 0.689. The van der Waals surface area contributed by atoms with Crippen LogP contribution >= 0.6 is 0 Å². The molecule has 20 heavy (non-hydrogen) atoms. The van der Waals surface area contributed by atoms with E-state index >= 15 is 0 Å². The Morgan fingerprint density at radius 1 is 1.25 bits per heavy atom. The van der Waals surface area contributed by atoms with Crippen molar-refractivity contribution < 1.29 is 8.42 Å². The zero-order valence-corrected chi connectivity index (χ0v) is 13.2. The van der Waals surface area contributed by atoms with Gasteiger partial charge in [-0.3, -0.25) is 0 Å². The van der Waals surface area contributed by atoms with Gasteiger partial charge in [0.25, 0.3) is 0 Å². The Hall–Kier alpha value is -0.910. The van der Waals surface area contributed by atoms with E-state index in [4.69, 9.17) is 5.73 Å². The van der Waals surface area contributed by atoms with Gasteiger partial charge in [0.15, 0.2) is 0 Å². The number of hydrogen-bond donors (Lipinski definition) is 2. The summed E-state index contributed by atoms with van der Waals surface area (Å²) >= 11 is 0. The minimum atomic E-state index is -3.44. The van der Waals surface area contributed by atoms with Crippen LogP contribution in [0.15, 0.2) is 29.2 Å². The fourth-order valence-electron chi connectivity index (χ4n) is 2.11. The van der Waals surface area contributed by atoms with E-state index in [9.17, 15) is 8.42 Å². The van der Waals surface area contributed by atoms with E-state index in [1.165, 1.54) is 12.8 Å². The van der Waals surface area contributed by atoms with Crippen LogP contribution in [0.2, 0.25) is 0 Å². The molecule has 0 saturated carbocycles. The minimum Gasteiger partial charge on any atom is -0.326 e. The summed E-state index contributed by atoms with van der Waals surface area (Å²) in [5.74, 6) is 0. The molecule has 0 bridgehead atoms. The highest BCUT2D eigenvalue weighted by Crippen LogP contribution is 2.13. The van der Waals surface area contributed by atoms with Crippen LogP contribution in [0.3, 0.4) is 0 Å². The summed E-state index contributed by atoms with van der Waals surface area (Å²) in [4.78, 5) is 0.292. The second-order valence-electron chi connectivity index (χ2n) is 5.22.